The van der Waals surface area contributed by atoms with Crippen molar-refractivity contribution in [1.29, 1.82) is 0 Å². The first kappa shape index (κ1) is 14.1. The number of rotatable bonds is 4. The summed E-state index contributed by atoms with van der Waals surface area (Å²) in [4.78, 5) is 17.2. The average Bonchev–Trinajstić information content (AvgIpc) is 3.17. The van der Waals surface area contributed by atoms with Crippen molar-refractivity contribution in [2.24, 2.45) is 0 Å². The molecule has 2 heterocycles. The molecular weight excluding hydrogens is 290 g/mol. The second-order valence-corrected chi connectivity index (χ2v) is 5.96. The lowest BCUT2D eigenvalue weighted by molar-refractivity contribution is 0.111. The van der Waals surface area contributed by atoms with Crippen molar-refractivity contribution in [2.45, 2.75) is 25.4 Å². The Balaban J connectivity index is 1.73. The monoisotopic (exact) mass is 309 g/mol. The van der Waals surface area contributed by atoms with E-state index in [0.29, 0.717) is 0 Å². The predicted octanol–water partition coefficient (Wildman–Crippen LogP) is 3.32. The molecular formula is C18H19N3O2. The van der Waals surface area contributed by atoms with E-state index in [4.69, 9.17) is 4.74 Å². The average molecular weight is 309 g/mol. The second kappa shape index (κ2) is 5.93. The van der Waals surface area contributed by atoms with Crippen LogP contribution in [0.5, 0.6) is 0 Å². The molecule has 0 bridgehead atoms. The topological polar surface area (TPSA) is 69.9 Å². The molecule has 1 aliphatic rings. The van der Waals surface area contributed by atoms with Crippen molar-refractivity contribution in [3.05, 3.63) is 58.5 Å². The number of anilines is 2. The van der Waals surface area contributed by atoms with Crippen LogP contribution >= 0.6 is 0 Å². The molecule has 0 amide bonds. The molecule has 2 aromatic carbocycles. The highest BCUT2D eigenvalue weighted by molar-refractivity contribution is 5.82. The van der Waals surface area contributed by atoms with Crippen molar-refractivity contribution in [3.63, 3.8) is 0 Å². The largest absolute Gasteiger partial charge is 0.378 e. The molecule has 118 valence electrons. The molecule has 5 nitrogen and oxygen atoms in total. The van der Waals surface area contributed by atoms with Crippen LogP contribution in [0.4, 0.5) is 11.4 Å². The fraction of sp³-hybridized carbons (Fsp3) is 0.278. The fourth-order valence-electron chi connectivity index (χ4n) is 3.14. The number of nitrogens with one attached hydrogen (secondary N) is 3. The van der Waals surface area contributed by atoms with Crippen LogP contribution < -0.4 is 11.0 Å². The number of aromatic amines is 2. The first-order chi connectivity index (χ1) is 11.3. The number of hydrogen-bond acceptors (Lipinski definition) is 3. The van der Waals surface area contributed by atoms with Gasteiger partial charge in [-0.3, -0.25) is 0 Å². The lowest BCUT2D eigenvalue weighted by Crippen LogP contribution is -2.10. The molecule has 23 heavy (non-hydrogen) atoms. The van der Waals surface area contributed by atoms with Gasteiger partial charge < -0.3 is 20.0 Å². The molecule has 5 heteroatoms. The standard InChI is InChI=1S/C18H19N3O2/c22-18-20-16-10-12(9-14-7-4-8-23-14)15(11-17(16)21-18)19-13-5-2-1-3-6-13/h1-3,5-6,10-11,14,19H,4,7-9H2,(H2,20,21,22). The smallest absolute Gasteiger partial charge is 0.323 e. The number of aromatic nitrogens is 2. The minimum Gasteiger partial charge on any atom is -0.378 e. The van der Waals surface area contributed by atoms with Gasteiger partial charge in [-0.1, -0.05) is 18.2 Å². The number of ether oxygens (including phenoxy) is 1. The van der Waals surface area contributed by atoms with Crippen molar-refractivity contribution < 1.29 is 4.74 Å². The summed E-state index contributed by atoms with van der Waals surface area (Å²) in [5, 5.41) is 3.46. The van der Waals surface area contributed by atoms with Gasteiger partial charge in [-0.15, -0.1) is 0 Å². The lowest BCUT2D eigenvalue weighted by atomic mass is 10.0. The van der Waals surface area contributed by atoms with Gasteiger partial charge in [-0.05, 0) is 42.7 Å². The fourth-order valence-corrected chi connectivity index (χ4v) is 3.14. The molecule has 3 aromatic rings. The van der Waals surface area contributed by atoms with Gasteiger partial charge in [0, 0.05) is 24.4 Å². The van der Waals surface area contributed by atoms with E-state index in [2.05, 4.69) is 15.3 Å². The van der Waals surface area contributed by atoms with Crippen molar-refractivity contribution in [1.82, 2.24) is 9.97 Å². The van der Waals surface area contributed by atoms with Gasteiger partial charge >= 0.3 is 5.69 Å². The molecule has 0 radical (unpaired) electrons. The Labute approximate surface area is 133 Å². The highest BCUT2D eigenvalue weighted by Gasteiger charge is 2.18. The number of benzene rings is 2. The summed E-state index contributed by atoms with van der Waals surface area (Å²) in [7, 11) is 0. The normalized spacial score (nSPS) is 17.7. The van der Waals surface area contributed by atoms with E-state index in [1.807, 2.05) is 42.5 Å². The van der Waals surface area contributed by atoms with E-state index < -0.39 is 0 Å². The molecule has 1 unspecified atom stereocenters. The summed E-state index contributed by atoms with van der Waals surface area (Å²) in [6.07, 6.45) is 3.31. The second-order valence-electron chi connectivity index (χ2n) is 5.96. The minimum absolute atomic E-state index is 0.181. The van der Waals surface area contributed by atoms with E-state index in [-0.39, 0.29) is 11.8 Å². The van der Waals surface area contributed by atoms with Crippen molar-refractivity contribution in [2.75, 3.05) is 11.9 Å². The Hall–Kier alpha value is -2.53. The third-order valence-corrected chi connectivity index (χ3v) is 4.26. The Morgan fingerprint density at radius 2 is 1.91 bits per heavy atom. The van der Waals surface area contributed by atoms with E-state index in [0.717, 1.165) is 53.8 Å². The third-order valence-electron chi connectivity index (χ3n) is 4.26. The molecule has 1 fully saturated rings. The molecule has 0 aliphatic carbocycles. The van der Waals surface area contributed by atoms with Crippen molar-refractivity contribution >= 4 is 22.4 Å². The highest BCUT2D eigenvalue weighted by atomic mass is 16.5. The molecule has 1 aromatic heterocycles. The maximum Gasteiger partial charge on any atom is 0.323 e. The van der Waals surface area contributed by atoms with Gasteiger partial charge in [0.05, 0.1) is 17.1 Å². The van der Waals surface area contributed by atoms with Crippen LogP contribution in [0.15, 0.2) is 47.3 Å². The molecule has 0 spiro atoms. The first-order valence-corrected chi connectivity index (χ1v) is 7.96. The molecule has 1 aliphatic heterocycles. The van der Waals surface area contributed by atoms with Gasteiger partial charge in [-0.2, -0.15) is 0 Å². The van der Waals surface area contributed by atoms with Gasteiger partial charge in [0.2, 0.25) is 0 Å². The number of para-hydroxylation sites is 1. The number of H-pyrrole nitrogens is 2. The van der Waals surface area contributed by atoms with Crippen LogP contribution in [0.3, 0.4) is 0 Å². The van der Waals surface area contributed by atoms with Crippen LogP contribution in [-0.4, -0.2) is 22.7 Å². The zero-order chi connectivity index (χ0) is 15.6. The quantitative estimate of drug-likeness (QED) is 0.692. The van der Waals surface area contributed by atoms with Gasteiger partial charge in [0.15, 0.2) is 0 Å². The van der Waals surface area contributed by atoms with Gasteiger partial charge in [-0.25, -0.2) is 4.79 Å². The molecule has 4 rings (SSSR count). The zero-order valence-corrected chi connectivity index (χ0v) is 12.8. The van der Waals surface area contributed by atoms with Crippen LogP contribution in [0.1, 0.15) is 18.4 Å². The summed E-state index contributed by atoms with van der Waals surface area (Å²) in [5.74, 6) is 0. The van der Waals surface area contributed by atoms with E-state index in [1.54, 1.807) is 0 Å². The Morgan fingerprint density at radius 3 is 2.65 bits per heavy atom. The molecule has 1 saturated heterocycles. The summed E-state index contributed by atoms with van der Waals surface area (Å²) >= 11 is 0. The Bertz CT molecular complexity index is 861. The maximum atomic E-state index is 11.6. The number of hydrogen-bond donors (Lipinski definition) is 3. The van der Waals surface area contributed by atoms with Gasteiger partial charge in [0.1, 0.15) is 0 Å². The van der Waals surface area contributed by atoms with Gasteiger partial charge in [0.25, 0.3) is 0 Å². The molecule has 1 atom stereocenters. The lowest BCUT2D eigenvalue weighted by Gasteiger charge is -2.15. The first-order valence-electron chi connectivity index (χ1n) is 7.96. The summed E-state index contributed by atoms with van der Waals surface area (Å²) in [5.41, 5.74) is 4.65. The van der Waals surface area contributed by atoms with Crippen LogP contribution in [0.2, 0.25) is 0 Å². The van der Waals surface area contributed by atoms with Crippen LogP contribution in [-0.2, 0) is 11.2 Å². The third kappa shape index (κ3) is 3.00. The van der Waals surface area contributed by atoms with Crippen LogP contribution in [0, 0.1) is 0 Å². The van der Waals surface area contributed by atoms with E-state index >= 15 is 0 Å². The predicted molar refractivity (Wildman–Crippen MR) is 91.3 cm³/mol. The number of fused-ring (bicyclic) bond motifs is 1. The highest BCUT2D eigenvalue weighted by Crippen LogP contribution is 2.28. The van der Waals surface area contributed by atoms with E-state index in [9.17, 15) is 4.79 Å². The van der Waals surface area contributed by atoms with Crippen LogP contribution in [0.25, 0.3) is 11.0 Å². The van der Waals surface area contributed by atoms with E-state index in [1.165, 1.54) is 0 Å². The minimum atomic E-state index is -0.181. The summed E-state index contributed by atoms with van der Waals surface area (Å²) in [6, 6.07) is 14.1. The zero-order valence-electron chi connectivity index (χ0n) is 12.8. The van der Waals surface area contributed by atoms with Crippen molar-refractivity contribution in [3.8, 4) is 0 Å². The summed E-state index contributed by atoms with van der Waals surface area (Å²) < 4.78 is 5.77. The SMILES string of the molecule is O=c1[nH]c2cc(CC3CCCO3)c(Nc3ccccc3)cc2[nH]1. The molecule has 0 saturated carbocycles. The number of imidazole rings is 1. The Morgan fingerprint density at radius 1 is 1.13 bits per heavy atom. The molecule has 3 N–H and O–H groups in total. The Kier molecular flexibility index (Phi) is 3.63. The summed E-state index contributed by atoms with van der Waals surface area (Å²) in [6.45, 7) is 0.843. The maximum absolute atomic E-state index is 11.6.